The maximum absolute atomic E-state index is 14.7. The number of thiazole rings is 1. The van der Waals surface area contributed by atoms with Gasteiger partial charge in [0.15, 0.2) is 0 Å². The van der Waals surface area contributed by atoms with E-state index in [0.29, 0.717) is 50.4 Å². The molecule has 2 aliphatic rings. The molecule has 2 fully saturated rings. The average Bonchev–Trinajstić information content (AvgIpc) is 3.51. The zero-order chi connectivity index (χ0) is 24.6. The van der Waals surface area contributed by atoms with Crippen LogP contribution in [0.1, 0.15) is 63.2 Å². The van der Waals surface area contributed by atoms with E-state index >= 15 is 0 Å². The Morgan fingerprint density at radius 2 is 1.92 bits per heavy atom. The summed E-state index contributed by atoms with van der Waals surface area (Å²) in [5.41, 5.74) is 1.43. The van der Waals surface area contributed by atoms with E-state index in [9.17, 15) is 14.0 Å². The van der Waals surface area contributed by atoms with Gasteiger partial charge in [-0.05, 0) is 44.2 Å². The fourth-order valence-corrected chi connectivity index (χ4v) is 6.74. The SMILES string of the molecule is O=C(NC[C@@H]1CCCCN1C(=O)c1nc(C2CC2)sc1-c1ccccc1F)c1cc2nccnc2s1. The minimum Gasteiger partial charge on any atom is -0.349 e. The van der Waals surface area contributed by atoms with Gasteiger partial charge in [-0.3, -0.25) is 14.6 Å². The monoisotopic (exact) mass is 521 g/mol. The number of nitrogens with zero attached hydrogens (tertiary/aromatic N) is 4. The van der Waals surface area contributed by atoms with Gasteiger partial charge in [0.2, 0.25) is 0 Å². The minimum atomic E-state index is -0.354. The number of thiophene rings is 1. The molecule has 184 valence electrons. The lowest BCUT2D eigenvalue weighted by Gasteiger charge is -2.35. The topological polar surface area (TPSA) is 88.1 Å². The molecule has 0 radical (unpaired) electrons. The van der Waals surface area contributed by atoms with Crippen molar-refractivity contribution in [2.45, 2.75) is 44.1 Å². The van der Waals surface area contributed by atoms with Crippen LogP contribution in [0.15, 0.2) is 42.7 Å². The Morgan fingerprint density at radius 1 is 1.08 bits per heavy atom. The van der Waals surface area contributed by atoms with Gasteiger partial charge >= 0.3 is 0 Å². The number of nitrogens with one attached hydrogen (secondary N) is 1. The first-order valence-electron chi connectivity index (χ1n) is 12.1. The number of hydrogen-bond donors (Lipinski definition) is 1. The molecule has 1 saturated carbocycles. The number of piperidine rings is 1. The second-order valence-corrected chi connectivity index (χ2v) is 11.3. The van der Waals surface area contributed by atoms with Gasteiger partial charge in [0.1, 0.15) is 21.9 Å². The van der Waals surface area contributed by atoms with E-state index < -0.39 is 0 Å². The summed E-state index contributed by atoms with van der Waals surface area (Å²) in [5.74, 6) is -0.378. The molecule has 6 rings (SSSR count). The van der Waals surface area contributed by atoms with Crippen LogP contribution in [0.4, 0.5) is 4.39 Å². The molecule has 2 amide bonds. The summed E-state index contributed by atoms with van der Waals surface area (Å²) < 4.78 is 14.7. The predicted molar refractivity (Wildman–Crippen MR) is 138 cm³/mol. The lowest BCUT2D eigenvalue weighted by atomic mass is 10.0. The Morgan fingerprint density at radius 3 is 2.72 bits per heavy atom. The van der Waals surface area contributed by atoms with Gasteiger partial charge in [-0.25, -0.2) is 14.4 Å². The normalized spacial score (nSPS) is 17.9. The van der Waals surface area contributed by atoms with Gasteiger partial charge < -0.3 is 10.2 Å². The second kappa shape index (κ2) is 9.67. The van der Waals surface area contributed by atoms with Crippen LogP contribution >= 0.6 is 22.7 Å². The third kappa shape index (κ3) is 4.51. The van der Waals surface area contributed by atoms with E-state index in [4.69, 9.17) is 4.98 Å². The average molecular weight is 522 g/mol. The first-order chi connectivity index (χ1) is 17.6. The van der Waals surface area contributed by atoms with Gasteiger partial charge in [-0.1, -0.05) is 18.2 Å². The highest BCUT2D eigenvalue weighted by molar-refractivity contribution is 7.20. The van der Waals surface area contributed by atoms with Gasteiger partial charge in [-0.15, -0.1) is 22.7 Å². The molecule has 1 aromatic carbocycles. The first kappa shape index (κ1) is 23.2. The van der Waals surface area contributed by atoms with Crippen molar-refractivity contribution in [2.75, 3.05) is 13.1 Å². The zero-order valence-electron chi connectivity index (χ0n) is 19.4. The smallest absolute Gasteiger partial charge is 0.274 e. The van der Waals surface area contributed by atoms with Crippen molar-refractivity contribution >= 4 is 44.8 Å². The Hall–Kier alpha value is -3.24. The number of rotatable bonds is 6. The van der Waals surface area contributed by atoms with E-state index in [-0.39, 0.29) is 23.7 Å². The molecule has 1 aliphatic heterocycles. The molecule has 10 heteroatoms. The van der Waals surface area contributed by atoms with Gasteiger partial charge in [0, 0.05) is 43.0 Å². The summed E-state index contributed by atoms with van der Waals surface area (Å²) in [6.45, 7) is 0.928. The van der Waals surface area contributed by atoms with Crippen molar-refractivity contribution in [3.8, 4) is 10.4 Å². The molecule has 0 spiro atoms. The molecule has 7 nitrogen and oxygen atoms in total. The Balaban J connectivity index is 1.23. The number of halogens is 1. The van der Waals surface area contributed by atoms with Gasteiger partial charge in [-0.2, -0.15) is 0 Å². The number of aromatic nitrogens is 3. The largest absolute Gasteiger partial charge is 0.349 e. The Labute approximate surface area is 215 Å². The van der Waals surface area contributed by atoms with Crippen molar-refractivity contribution in [1.29, 1.82) is 0 Å². The lowest BCUT2D eigenvalue weighted by Crippen LogP contribution is -2.49. The van der Waals surface area contributed by atoms with Crippen LogP contribution in [0.2, 0.25) is 0 Å². The molecule has 1 aliphatic carbocycles. The van der Waals surface area contributed by atoms with Crippen molar-refractivity contribution in [2.24, 2.45) is 0 Å². The summed E-state index contributed by atoms with van der Waals surface area (Å²) in [4.78, 5) is 43.6. The van der Waals surface area contributed by atoms with Crippen molar-refractivity contribution in [3.63, 3.8) is 0 Å². The first-order valence-corrected chi connectivity index (χ1v) is 13.8. The van der Waals surface area contributed by atoms with Crippen LogP contribution in [-0.2, 0) is 0 Å². The standard InChI is InChI=1S/C26H24FN5O2S2/c27-18-7-2-1-6-17(18)22-21(31-24(36-22)15-8-9-15)26(34)32-12-4-3-5-16(32)14-30-23(33)20-13-19-25(35-20)29-11-10-28-19/h1-2,6-7,10-11,13,15-16H,3-5,8-9,12,14H2,(H,30,33)/t16-/m0/s1. The molecule has 4 heterocycles. The summed E-state index contributed by atoms with van der Waals surface area (Å²) in [7, 11) is 0. The molecule has 1 N–H and O–H groups in total. The molecule has 3 aromatic heterocycles. The van der Waals surface area contributed by atoms with E-state index in [2.05, 4.69) is 15.3 Å². The molecule has 0 unspecified atom stereocenters. The summed E-state index contributed by atoms with van der Waals surface area (Å²) in [6.07, 6.45) is 7.97. The Bertz CT molecular complexity index is 1410. The fraction of sp³-hybridized carbons (Fsp3) is 0.346. The number of carbonyl (C=O) groups is 2. The van der Waals surface area contributed by atoms with Gasteiger partial charge in [0.05, 0.1) is 14.8 Å². The quantitative estimate of drug-likeness (QED) is 0.374. The van der Waals surface area contributed by atoms with Crippen molar-refractivity contribution in [3.05, 3.63) is 64.1 Å². The van der Waals surface area contributed by atoms with E-state index in [1.165, 1.54) is 28.7 Å². The summed E-state index contributed by atoms with van der Waals surface area (Å²) in [6, 6.07) is 8.13. The summed E-state index contributed by atoms with van der Waals surface area (Å²) in [5, 5.41) is 3.91. The number of benzene rings is 1. The lowest BCUT2D eigenvalue weighted by molar-refractivity contribution is 0.0598. The van der Waals surface area contributed by atoms with Crippen LogP contribution < -0.4 is 5.32 Å². The highest BCUT2D eigenvalue weighted by Gasteiger charge is 2.35. The fourth-order valence-electron chi connectivity index (χ4n) is 4.61. The number of likely N-dealkylation sites (tertiary alicyclic amines) is 1. The highest BCUT2D eigenvalue weighted by atomic mass is 32.1. The number of carbonyl (C=O) groups excluding carboxylic acids is 2. The molecular formula is C26H24FN5O2S2. The maximum atomic E-state index is 14.7. The van der Waals surface area contributed by atoms with Crippen molar-refractivity contribution in [1.82, 2.24) is 25.2 Å². The predicted octanol–water partition coefficient (Wildman–Crippen LogP) is 5.26. The van der Waals surface area contributed by atoms with Crippen LogP contribution in [0.5, 0.6) is 0 Å². The van der Waals surface area contributed by atoms with Crippen LogP contribution in [0, 0.1) is 5.82 Å². The van der Waals surface area contributed by atoms with Crippen molar-refractivity contribution < 1.29 is 14.0 Å². The second-order valence-electron chi connectivity index (χ2n) is 9.20. The van der Waals surface area contributed by atoms with Crippen LogP contribution in [0.3, 0.4) is 0 Å². The molecule has 1 saturated heterocycles. The number of amides is 2. The van der Waals surface area contributed by atoms with Gasteiger partial charge in [0.25, 0.3) is 11.8 Å². The minimum absolute atomic E-state index is 0.152. The van der Waals surface area contributed by atoms with E-state index in [1.54, 1.807) is 36.7 Å². The molecule has 0 bridgehead atoms. The number of hydrogen-bond acceptors (Lipinski definition) is 7. The molecule has 4 aromatic rings. The zero-order valence-corrected chi connectivity index (χ0v) is 21.1. The summed E-state index contributed by atoms with van der Waals surface area (Å²) >= 11 is 2.73. The Kier molecular flexibility index (Phi) is 6.22. The molecule has 36 heavy (non-hydrogen) atoms. The van der Waals surface area contributed by atoms with E-state index in [1.807, 2.05) is 4.90 Å². The third-order valence-electron chi connectivity index (χ3n) is 6.67. The van der Waals surface area contributed by atoms with Crippen LogP contribution in [-0.4, -0.2) is 50.8 Å². The third-order valence-corrected chi connectivity index (χ3v) is 8.95. The molecule has 1 atom stereocenters. The number of fused-ring (bicyclic) bond motifs is 1. The van der Waals surface area contributed by atoms with E-state index in [0.717, 1.165) is 37.1 Å². The molecular weight excluding hydrogens is 497 g/mol. The maximum Gasteiger partial charge on any atom is 0.274 e. The van der Waals surface area contributed by atoms with Crippen LogP contribution in [0.25, 0.3) is 20.8 Å². The highest BCUT2D eigenvalue weighted by Crippen LogP contribution is 2.45.